The summed E-state index contributed by atoms with van der Waals surface area (Å²) >= 11 is 0. The smallest absolute Gasteiger partial charge is 0.311 e. The summed E-state index contributed by atoms with van der Waals surface area (Å²) in [7, 11) is 0. The van der Waals surface area contributed by atoms with Crippen molar-refractivity contribution in [3.8, 4) is 0 Å². The molecule has 1 fully saturated rings. The van der Waals surface area contributed by atoms with Gasteiger partial charge in [-0.2, -0.15) is 0 Å². The lowest BCUT2D eigenvalue weighted by Gasteiger charge is -2.21. The van der Waals surface area contributed by atoms with Crippen LogP contribution in [0.1, 0.15) is 67.1 Å². The van der Waals surface area contributed by atoms with Gasteiger partial charge in [0, 0.05) is 11.6 Å². The molecule has 0 radical (unpaired) electrons. The van der Waals surface area contributed by atoms with Gasteiger partial charge in [0.15, 0.2) is 0 Å². The quantitative estimate of drug-likeness (QED) is 0.810. The van der Waals surface area contributed by atoms with Gasteiger partial charge in [-0.15, -0.1) is 0 Å². The number of hydrogen-bond donors (Lipinski definition) is 2. The molecule has 1 heterocycles. The molecule has 0 aromatic carbocycles. The number of unbranched alkanes of at least 4 members (excludes halogenated alkanes) is 1. The van der Waals surface area contributed by atoms with E-state index in [-0.39, 0.29) is 24.1 Å². The summed E-state index contributed by atoms with van der Waals surface area (Å²) in [6, 6.07) is 0.200. The number of carboxylic acid groups (broad SMARTS) is 1. The fourth-order valence-corrected chi connectivity index (χ4v) is 3.35. The van der Waals surface area contributed by atoms with Crippen LogP contribution < -0.4 is 5.32 Å². The number of amides is 1. The van der Waals surface area contributed by atoms with Crippen LogP contribution in [0.2, 0.25) is 0 Å². The number of aliphatic carboxylic acids is 1. The largest absolute Gasteiger partial charge is 0.481 e. The lowest BCUT2D eigenvalue weighted by atomic mass is 9.96. The van der Waals surface area contributed by atoms with Gasteiger partial charge >= 0.3 is 5.97 Å². The normalized spacial score (nSPS) is 21.0. The summed E-state index contributed by atoms with van der Waals surface area (Å²) < 4.78 is 5.24. The molecule has 0 bridgehead atoms. The number of carbonyl (C=O) groups is 2. The Morgan fingerprint density at radius 2 is 2.18 bits per heavy atom. The molecule has 0 aliphatic heterocycles. The summed E-state index contributed by atoms with van der Waals surface area (Å²) in [5.74, 6) is -0.411. The zero-order valence-corrected chi connectivity index (χ0v) is 13.4. The van der Waals surface area contributed by atoms with Crippen LogP contribution in [0.4, 0.5) is 0 Å². The average molecular weight is 307 g/mol. The Balaban J connectivity index is 2.05. The van der Waals surface area contributed by atoms with Gasteiger partial charge in [-0.1, -0.05) is 26.2 Å². The van der Waals surface area contributed by atoms with E-state index in [0.717, 1.165) is 25.7 Å². The first-order valence-electron chi connectivity index (χ1n) is 8.12. The third kappa shape index (κ3) is 3.90. The zero-order chi connectivity index (χ0) is 16.1. The summed E-state index contributed by atoms with van der Waals surface area (Å²) in [6.45, 7) is 3.95. The van der Waals surface area contributed by atoms with Crippen molar-refractivity contribution in [1.82, 2.24) is 5.32 Å². The molecule has 2 unspecified atom stereocenters. The van der Waals surface area contributed by atoms with E-state index in [4.69, 9.17) is 9.52 Å². The molecule has 0 saturated heterocycles. The first kappa shape index (κ1) is 16.6. The van der Waals surface area contributed by atoms with E-state index >= 15 is 0 Å². The van der Waals surface area contributed by atoms with E-state index < -0.39 is 5.97 Å². The number of hydrogen-bond acceptors (Lipinski definition) is 3. The van der Waals surface area contributed by atoms with Crippen LogP contribution in [0.15, 0.2) is 10.7 Å². The molecule has 2 N–H and O–H groups in total. The Morgan fingerprint density at radius 3 is 2.86 bits per heavy atom. The molecule has 1 amide bonds. The predicted octanol–water partition coefficient (Wildman–Crippen LogP) is 3.30. The van der Waals surface area contributed by atoms with Crippen molar-refractivity contribution in [2.75, 3.05) is 0 Å². The second kappa shape index (κ2) is 7.47. The molecule has 2 atom stereocenters. The number of carboxylic acids is 1. The standard InChI is InChI=1S/C17H25NO4/c1-3-4-6-12-7-5-8-13(12)18-17(21)16-11(2)10-22-14(16)9-15(19)20/h10,12-13H,3-9H2,1-2H3,(H,18,21)(H,19,20). The van der Waals surface area contributed by atoms with E-state index in [1.54, 1.807) is 6.92 Å². The maximum Gasteiger partial charge on any atom is 0.311 e. The highest BCUT2D eigenvalue weighted by atomic mass is 16.4. The molecular weight excluding hydrogens is 282 g/mol. The Hall–Kier alpha value is -1.78. The molecular formula is C17H25NO4. The fraction of sp³-hybridized carbons (Fsp3) is 0.647. The number of aryl methyl sites for hydroxylation is 1. The third-order valence-electron chi connectivity index (χ3n) is 4.49. The van der Waals surface area contributed by atoms with Crippen LogP contribution in [-0.2, 0) is 11.2 Å². The maximum absolute atomic E-state index is 12.5. The minimum atomic E-state index is -0.995. The van der Waals surface area contributed by atoms with Crippen molar-refractivity contribution in [2.24, 2.45) is 5.92 Å². The summed E-state index contributed by atoms with van der Waals surface area (Å²) in [4.78, 5) is 23.4. The molecule has 1 aromatic rings. The van der Waals surface area contributed by atoms with Gasteiger partial charge in [-0.05, 0) is 32.1 Å². The third-order valence-corrected chi connectivity index (χ3v) is 4.49. The highest BCUT2D eigenvalue weighted by molar-refractivity contribution is 5.97. The lowest BCUT2D eigenvalue weighted by Crippen LogP contribution is -2.38. The van der Waals surface area contributed by atoms with Gasteiger partial charge in [0.1, 0.15) is 12.2 Å². The molecule has 0 spiro atoms. The highest BCUT2D eigenvalue weighted by Gasteiger charge is 2.30. The number of furan rings is 1. The highest BCUT2D eigenvalue weighted by Crippen LogP contribution is 2.30. The van der Waals surface area contributed by atoms with Crippen LogP contribution in [0.3, 0.4) is 0 Å². The van der Waals surface area contributed by atoms with E-state index in [9.17, 15) is 9.59 Å². The average Bonchev–Trinajstić information content (AvgIpc) is 3.03. The van der Waals surface area contributed by atoms with E-state index in [2.05, 4.69) is 12.2 Å². The monoisotopic (exact) mass is 307 g/mol. The maximum atomic E-state index is 12.5. The predicted molar refractivity (Wildman–Crippen MR) is 82.9 cm³/mol. The van der Waals surface area contributed by atoms with E-state index in [0.29, 0.717) is 17.0 Å². The van der Waals surface area contributed by atoms with Crippen molar-refractivity contribution >= 4 is 11.9 Å². The summed E-state index contributed by atoms with van der Waals surface area (Å²) in [6.07, 6.45) is 8.01. The van der Waals surface area contributed by atoms with Crippen molar-refractivity contribution in [3.05, 3.63) is 23.2 Å². The molecule has 1 aromatic heterocycles. The Labute approximate surface area is 131 Å². The molecule has 2 rings (SSSR count). The molecule has 1 saturated carbocycles. The minimum Gasteiger partial charge on any atom is -0.481 e. The van der Waals surface area contributed by atoms with Gasteiger partial charge < -0.3 is 14.8 Å². The van der Waals surface area contributed by atoms with Gasteiger partial charge in [0.2, 0.25) is 0 Å². The SMILES string of the molecule is CCCCC1CCCC1NC(=O)c1c(C)coc1CC(=O)O. The van der Waals surface area contributed by atoms with Crippen LogP contribution in [0.5, 0.6) is 0 Å². The van der Waals surface area contributed by atoms with Crippen molar-refractivity contribution in [1.29, 1.82) is 0 Å². The van der Waals surface area contributed by atoms with E-state index in [1.165, 1.54) is 19.1 Å². The Kier molecular flexibility index (Phi) is 5.63. The molecule has 22 heavy (non-hydrogen) atoms. The molecule has 5 heteroatoms. The summed E-state index contributed by atoms with van der Waals surface area (Å²) in [5, 5.41) is 12.0. The van der Waals surface area contributed by atoms with Crippen molar-refractivity contribution in [2.45, 2.75) is 64.8 Å². The minimum absolute atomic E-state index is 0.198. The summed E-state index contributed by atoms with van der Waals surface area (Å²) in [5.41, 5.74) is 1.08. The van der Waals surface area contributed by atoms with Crippen molar-refractivity contribution in [3.63, 3.8) is 0 Å². The fourth-order valence-electron chi connectivity index (χ4n) is 3.35. The molecule has 122 valence electrons. The second-order valence-corrected chi connectivity index (χ2v) is 6.20. The van der Waals surface area contributed by atoms with Crippen LogP contribution in [0.25, 0.3) is 0 Å². The van der Waals surface area contributed by atoms with Crippen molar-refractivity contribution < 1.29 is 19.1 Å². The van der Waals surface area contributed by atoms with Crippen LogP contribution in [0, 0.1) is 12.8 Å². The number of carbonyl (C=O) groups excluding carboxylic acids is 1. The van der Waals surface area contributed by atoms with E-state index in [1.807, 2.05) is 0 Å². The van der Waals surface area contributed by atoms with Crippen LogP contribution in [-0.4, -0.2) is 23.0 Å². The lowest BCUT2D eigenvalue weighted by molar-refractivity contribution is -0.136. The second-order valence-electron chi connectivity index (χ2n) is 6.20. The molecule has 1 aliphatic carbocycles. The number of nitrogens with one attached hydrogen (secondary N) is 1. The first-order chi connectivity index (χ1) is 10.5. The van der Waals surface area contributed by atoms with Crippen LogP contribution >= 0.6 is 0 Å². The topological polar surface area (TPSA) is 79.5 Å². The van der Waals surface area contributed by atoms with Gasteiger partial charge in [-0.25, -0.2) is 0 Å². The Bertz CT molecular complexity index is 535. The first-order valence-corrected chi connectivity index (χ1v) is 8.12. The van der Waals surface area contributed by atoms with Gasteiger partial charge in [0.05, 0.1) is 11.8 Å². The molecule has 5 nitrogen and oxygen atoms in total. The Morgan fingerprint density at radius 1 is 1.41 bits per heavy atom. The van der Waals surface area contributed by atoms with Gasteiger partial charge in [-0.3, -0.25) is 9.59 Å². The number of rotatable bonds is 7. The molecule has 1 aliphatic rings. The zero-order valence-electron chi connectivity index (χ0n) is 13.4. The van der Waals surface area contributed by atoms with Gasteiger partial charge in [0.25, 0.3) is 5.91 Å².